The van der Waals surface area contributed by atoms with Crippen LogP contribution < -0.4 is 5.56 Å². The van der Waals surface area contributed by atoms with E-state index in [9.17, 15) is 9.59 Å². The number of fused-ring (bicyclic) bond motifs is 1. The average Bonchev–Trinajstić information content (AvgIpc) is 2.45. The predicted molar refractivity (Wildman–Crippen MR) is 86.2 cm³/mol. The quantitative estimate of drug-likeness (QED) is 0.853. The van der Waals surface area contributed by atoms with Gasteiger partial charge in [-0.3, -0.25) is 14.6 Å². The van der Waals surface area contributed by atoms with Crippen molar-refractivity contribution in [2.24, 2.45) is 0 Å². The summed E-state index contributed by atoms with van der Waals surface area (Å²) < 4.78 is 0.254. The van der Waals surface area contributed by atoms with Crippen LogP contribution in [0.3, 0.4) is 0 Å². The first-order valence-corrected chi connectivity index (χ1v) is 7.38. The maximum atomic E-state index is 12.5. The number of nitrogens with one attached hydrogen (secondary N) is 2. The first-order chi connectivity index (χ1) is 9.93. The standard InChI is InChI=1S/C15H19N3O2S/c1-4-5-9(2)18(3)14(20)10-6-7-11-12(8-10)16-15(21)17-13(11)19/h6-9H,4-5H2,1-3H3,(H2,16,17,19,21)/t9-/m1/s1. The maximum Gasteiger partial charge on any atom is 0.259 e. The minimum Gasteiger partial charge on any atom is -0.339 e. The third-order valence-corrected chi connectivity index (χ3v) is 3.88. The van der Waals surface area contributed by atoms with Gasteiger partial charge in [-0.25, -0.2) is 0 Å². The number of hydrogen-bond donors (Lipinski definition) is 2. The van der Waals surface area contributed by atoms with Crippen LogP contribution in [0.15, 0.2) is 23.0 Å². The van der Waals surface area contributed by atoms with Crippen molar-refractivity contribution in [3.8, 4) is 0 Å². The fraction of sp³-hybridized carbons (Fsp3) is 0.400. The maximum absolute atomic E-state index is 12.5. The van der Waals surface area contributed by atoms with E-state index in [4.69, 9.17) is 12.2 Å². The Labute approximate surface area is 128 Å². The number of rotatable bonds is 4. The van der Waals surface area contributed by atoms with Gasteiger partial charge in [-0.05, 0) is 43.8 Å². The van der Waals surface area contributed by atoms with Crippen LogP contribution in [-0.2, 0) is 0 Å². The summed E-state index contributed by atoms with van der Waals surface area (Å²) >= 11 is 4.96. The number of H-pyrrole nitrogens is 2. The Hall–Kier alpha value is -1.95. The van der Waals surface area contributed by atoms with Gasteiger partial charge in [0.2, 0.25) is 0 Å². The molecule has 1 atom stereocenters. The Morgan fingerprint density at radius 1 is 1.38 bits per heavy atom. The van der Waals surface area contributed by atoms with Gasteiger partial charge in [-0.2, -0.15) is 0 Å². The van der Waals surface area contributed by atoms with E-state index in [-0.39, 0.29) is 22.3 Å². The molecule has 0 fully saturated rings. The fourth-order valence-electron chi connectivity index (χ4n) is 2.32. The van der Waals surface area contributed by atoms with E-state index in [2.05, 4.69) is 16.9 Å². The Morgan fingerprint density at radius 3 is 2.76 bits per heavy atom. The summed E-state index contributed by atoms with van der Waals surface area (Å²) in [6.45, 7) is 4.12. The lowest BCUT2D eigenvalue weighted by Crippen LogP contribution is -2.35. The lowest BCUT2D eigenvalue weighted by atomic mass is 10.1. The molecule has 0 spiro atoms. The van der Waals surface area contributed by atoms with Gasteiger partial charge in [0.05, 0.1) is 10.9 Å². The second kappa shape index (κ2) is 6.22. The van der Waals surface area contributed by atoms with Gasteiger partial charge in [-0.1, -0.05) is 13.3 Å². The molecule has 0 aliphatic heterocycles. The third-order valence-electron chi connectivity index (χ3n) is 3.67. The lowest BCUT2D eigenvalue weighted by molar-refractivity contribution is 0.0737. The number of amides is 1. The average molecular weight is 305 g/mol. The zero-order valence-corrected chi connectivity index (χ0v) is 13.2. The molecule has 1 aromatic heterocycles. The molecule has 2 N–H and O–H groups in total. The summed E-state index contributed by atoms with van der Waals surface area (Å²) in [5.41, 5.74) is 0.871. The molecule has 21 heavy (non-hydrogen) atoms. The SMILES string of the molecule is CCC[C@@H](C)N(C)C(=O)c1ccc2c(=O)[nH]c(=S)[nH]c2c1. The molecule has 6 heteroatoms. The highest BCUT2D eigenvalue weighted by molar-refractivity contribution is 7.71. The lowest BCUT2D eigenvalue weighted by Gasteiger charge is -2.24. The van der Waals surface area contributed by atoms with Gasteiger partial charge in [0.25, 0.3) is 11.5 Å². The van der Waals surface area contributed by atoms with E-state index >= 15 is 0 Å². The highest BCUT2D eigenvalue weighted by Gasteiger charge is 2.17. The Morgan fingerprint density at radius 2 is 2.10 bits per heavy atom. The van der Waals surface area contributed by atoms with Crippen molar-refractivity contribution in [3.63, 3.8) is 0 Å². The highest BCUT2D eigenvalue weighted by atomic mass is 32.1. The minimum absolute atomic E-state index is 0.0579. The van der Waals surface area contributed by atoms with E-state index in [1.54, 1.807) is 30.1 Å². The Kier molecular flexibility index (Phi) is 4.57. The van der Waals surface area contributed by atoms with Gasteiger partial charge < -0.3 is 9.88 Å². The number of benzene rings is 1. The smallest absolute Gasteiger partial charge is 0.259 e. The first kappa shape index (κ1) is 15.4. The van der Waals surface area contributed by atoms with Crippen LogP contribution in [-0.4, -0.2) is 33.9 Å². The molecule has 2 aromatic rings. The molecule has 1 heterocycles. The van der Waals surface area contributed by atoms with Gasteiger partial charge in [0.15, 0.2) is 4.77 Å². The normalized spacial score (nSPS) is 12.3. The van der Waals surface area contributed by atoms with Gasteiger partial charge in [0, 0.05) is 18.7 Å². The summed E-state index contributed by atoms with van der Waals surface area (Å²) in [6, 6.07) is 5.17. The van der Waals surface area contributed by atoms with Crippen LogP contribution in [0.1, 0.15) is 37.0 Å². The Bertz CT molecular complexity index is 778. The Balaban J connectivity index is 2.41. The molecule has 1 aromatic carbocycles. The van der Waals surface area contributed by atoms with Crippen LogP contribution in [0.2, 0.25) is 0 Å². The van der Waals surface area contributed by atoms with Gasteiger partial charge in [-0.15, -0.1) is 0 Å². The third kappa shape index (κ3) is 3.21. The molecule has 0 aliphatic carbocycles. The zero-order chi connectivity index (χ0) is 15.6. The summed E-state index contributed by atoms with van der Waals surface area (Å²) in [5, 5.41) is 0.490. The minimum atomic E-state index is -0.250. The van der Waals surface area contributed by atoms with Crippen LogP contribution in [0, 0.1) is 4.77 Å². The number of carbonyl (C=O) groups excluding carboxylic acids is 1. The largest absolute Gasteiger partial charge is 0.339 e. The number of aromatic nitrogens is 2. The second-order valence-corrected chi connectivity index (χ2v) is 5.63. The van der Waals surface area contributed by atoms with E-state index in [1.807, 2.05) is 6.92 Å². The molecule has 0 unspecified atom stereocenters. The molecular weight excluding hydrogens is 286 g/mol. The van der Waals surface area contributed by atoms with Crippen molar-refractivity contribution in [3.05, 3.63) is 38.9 Å². The molecule has 1 amide bonds. The summed E-state index contributed by atoms with van der Waals surface area (Å²) in [4.78, 5) is 31.4. The van der Waals surface area contributed by atoms with Crippen LogP contribution in [0.4, 0.5) is 0 Å². The number of nitrogens with zero attached hydrogens (tertiary/aromatic N) is 1. The molecule has 112 valence electrons. The molecular formula is C15H19N3O2S. The second-order valence-electron chi connectivity index (χ2n) is 5.22. The van der Waals surface area contributed by atoms with E-state index < -0.39 is 0 Å². The van der Waals surface area contributed by atoms with Crippen molar-refractivity contribution in [1.82, 2.24) is 14.9 Å². The fourth-order valence-corrected chi connectivity index (χ4v) is 2.52. The van der Waals surface area contributed by atoms with E-state index in [1.165, 1.54) is 0 Å². The predicted octanol–water partition coefficient (Wildman–Crippen LogP) is 2.85. The van der Waals surface area contributed by atoms with Crippen LogP contribution in [0.5, 0.6) is 0 Å². The summed E-state index contributed by atoms with van der Waals surface area (Å²) in [7, 11) is 1.80. The zero-order valence-electron chi connectivity index (χ0n) is 12.4. The molecule has 0 saturated heterocycles. The topological polar surface area (TPSA) is 69.0 Å². The first-order valence-electron chi connectivity index (χ1n) is 6.97. The molecule has 2 rings (SSSR count). The van der Waals surface area contributed by atoms with E-state index in [0.717, 1.165) is 12.8 Å². The number of carbonyl (C=O) groups is 1. The number of hydrogen-bond acceptors (Lipinski definition) is 3. The van der Waals surface area contributed by atoms with Crippen molar-refractivity contribution < 1.29 is 4.79 Å². The van der Waals surface area contributed by atoms with Crippen molar-refractivity contribution >= 4 is 29.0 Å². The van der Waals surface area contributed by atoms with E-state index in [0.29, 0.717) is 16.5 Å². The van der Waals surface area contributed by atoms with Crippen molar-refractivity contribution in [2.45, 2.75) is 32.7 Å². The van der Waals surface area contributed by atoms with Gasteiger partial charge >= 0.3 is 0 Å². The molecule has 0 saturated carbocycles. The molecule has 0 radical (unpaired) electrons. The van der Waals surface area contributed by atoms with Crippen LogP contribution >= 0.6 is 12.2 Å². The van der Waals surface area contributed by atoms with Crippen LogP contribution in [0.25, 0.3) is 10.9 Å². The summed E-state index contributed by atoms with van der Waals surface area (Å²) in [5.74, 6) is -0.0579. The monoisotopic (exact) mass is 305 g/mol. The number of aromatic amines is 2. The summed E-state index contributed by atoms with van der Waals surface area (Å²) in [6.07, 6.45) is 1.98. The van der Waals surface area contributed by atoms with Gasteiger partial charge in [0.1, 0.15) is 0 Å². The molecule has 0 bridgehead atoms. The van der Waals surface area contributed by atoms with Crippen molar-refractivity contribution in [2.75, 3.05) is 7.05 Å². The highest BCUT2D eigenvalue weighted by Crippen LogP contribution is 2.14. The van der Waals surface area contributed by atoms with Crippen molar-refractivity contribution in [1.29, 1.82) is 0 Å². The molecule has 0 aliphatic rings. The molecule has 5 nitrogen and oxygen atoms in total.